The highest BCUT2D eigenvalue weighted by Gasteiger charge is 2.08. The van der Waals surface area contributed by atoms with Crippen molar-refractivity contribution in [3.63, 3.8) is 0 Å². The third kappa shape index (κ3) is 10.8. The largest absolute Gasteiger partial charge is 0.478 e. The minimum Gasteiger partial charge on any atom is -0.478 e. The highest BCUT2D eigenvalue weighted by molar-refractivity contribution is 5.88. The maximum Gasteiger partial charge on any atom is 0.335 e. The first-order chi connectivity index (χ1) is 14.2. The molecule has 0 saturated carbocycles. The van der Waals surface area contributed by atoms with Crippen molar-refractivity contribution in [3.8, 4) is 0 Å². The third-order valence-corrected chi connectivity index (χ3v) is 4.96. The van der Waals surface area contributed by atoms with Gasteiger partial charge in [0.2, 0.25) is 0 Å². The van der Waals surface area contributed by atoms with Crippen LogP contribution in [0.1, 0.15) is 77.6 Å². The molecule has 0 aliphatic heterocycles. The Morgan fingerprint density at radius 3 is 1.77 bits per heavy atom. The normalized spacial score (nSPS) is 11.8. The predicted molar refractivity (Wildman–Crippen MR) is 130 cm³/mol. The van der Waals surface area contributed by atoms with Gasteiger partial charge >= 0.3 is 5.97 Å². The number of hydrogen-bond donors (Lipinski definition) is 1. The SMILES string of the molecule is CC(C)=CCCC(C)=CCN(CC=C(C)CCC=C(C)C)c1cccc(C(=O)O)c1. The molecule has 30 heavy (non-hydrogen) atoms. The van der Waals surface area contributed by atoms with Gasteiger partial charge in [-0.1, -0.05) is 52.7 Å². The van der Waals surface area contributed by atoms with Crippen LogP contribution >= 0.6 is 0 Å². The first kappa shape index (κ1) is 25.5. The summed E-state index contributed by atoms with van der Waals surface area (Å²) >= 11 is 0. The monoisotopic (exact) mass is 409 g/mol. The maximum absolute atomic E-state index is 11.4. The molecular weight excluding hydrogens is 370 g/mol. The van der Waals surface area contributed by atoms with Gasteiger partial charge in [0, 0.05) is 18.8 Å². The van der Waals surface area contributed by atoms with E-state index in [9.17, 15) is 9.90 Å². The molecule has 0 atom stereocenters. The Hall–Kier alpha value is -2.55. The summed E-state index contributed by atoms with van der Waals surface area (Å²) in [6.07, 6.45) is 13.3. The van der Waals surface area contributed by atoms with E-state index in [4.69, 9.17) is 0 Å². The summed E-state index contributed by atoms with van der Waals surface area (Å²) in [5, 5.41) is 9.36. The molecule has 0 aromatic heterocycles. The summed E-state index contributed by atoms with van der Waals surface area (Å²) in [6, 6.07) is 7.22. The molecule has 0 aliphatic rings. The lowest BCUT2D eigenvalue weighted by molar-refractivity contribution is 0.0697. The highest BCUT2D eigenvalue weighted by atomic mass is 16.4. The van der Waals surface area contributed by atoms with Crippen molar-refractivity contribution in [2.24, 2.45) is 0 Å². The molecule has 0 aliphatic carbocycles. The minimum absolute atomic E-state index is 0.325. The van der Waals surface area contributed by atoms with Gasteiger partial charge in [0.1, 0.15) is 0 Å². The van der Waals surface area contributed by atoms with E-state index < -0.39 is 5.97 Å². The molecule has 0 bridgehead atoms. The van der Waals surface area contributed by atoms with Crippen LogP contribution in [0.25, 0.3) is 0 Å². The van der Waals surface area contributed by atoms with Crippen molar-refractivity contribution in [1.82, 2.24) is 0 Å². The summed E-state index contributed by atoms with van der Waals surface area (Å²) in [6.45, 7) is 14.4. The number of anilines is 1. The van der Waals surface area contributed by atoms with Crippen molar-refractivity contribution in [2.75, 3.05) is 18.0 Å². The molecule has 0 amide bonds. The molecule has 1 rings (SSSR count). The Balaban J connectivity index is 2.93. The molecule has 164 valence electrons. The standard InChI is InChI=1S/C27H39NO2/c1-21(2)10-7-12-23(5)16-18-28(19-17-24(6)13-8-11-22(3)4)26-15-9-14-25(20-26)27(29)30/h9-11,14-17,20H,7-8,12-13,18-19H2,1-6H3,(H,29,30). The second kappa shape index (κ2) is 13.6. The van der Waals surface area contributed by atoms with E-state index in [0.717, 1.165) is 44.5 Å². The molecule has 0 saturated heterocycles. The molecule has 1 aromatic rings. The average Bonchev–Trinajstić information content (AvgIpc) is 2.67. The lowest BCUT2D eigenvalue weighted by atomic mass is 10.1. The van der Waals surface area contributed by atoms with E-state index in [0.29, 0.717) is 5.56 Å². The molecule has 0 spiro atoms. The fourth-order valence-corrected chi connectivity index (χ4v) is 3.03. The molecule has 0 radical (unpaired) electrons. The zero-order valence-corrected chi connectivity index (χ0v) is 19.7. The summed E-state index contributed by atoms with van der Waals surface area (Å²) in [5.74, 6) is -0.890. The third-order valence-electron chi connectivity index (χ3n) is 4.96. The van der Waals surface area contributed by atoms with Crippen LogP contribution in [0.4, 0.5) is 5.69 Å². The van der Waals surface area contributed by atoms with Gasteiger partial charge in [0.15, 0.2) is 0 Å². The smallest absolute Gasteiger partial charge is 0.335 e. The highest BCUT2D eigenvalue weighted by Crippen LogP contribution is 2.18. The topological polar surface area (TPSA) is 40.5 Å². The van der Waals surface area contributed by atoms with Crippen molar-refractivity contribution in [1.29, 1.82) is 0 Å². The van der Waals surface area contributed by atoms with E-state index in [1.165, 1.54) is 22.3 Å². The van der Waals surface area contributed by atoms with Gasteiger partial charge in [-0.05, 0) is 85.4 Å². The molecule has 0 unspecified atom stereocenters. The Kier molecular flexibility index (Phi) is 11.6. The molecular formula is C27H39NO2. The number of allylic oxidation sites excluding steroid dienone is 6. The van der Waals surface area contributed by atoms with Crippen LogP contribution in [-0.2, 0) is 0 Å². The van der Waals surface area contributed by atoms with Crippen molar-refractivity contribution in [3.05, 3.63) is 76.4 Å². The number of benzene rings is 1. The Morgan fingerprint density at radius 2 is 1.33 bits per heavy atom. The zero-order chi connectivity index (χ0) is 22.5. The van der Waals surface area contributed by atoms with E-state index in [1.54, 1.807) is 12.1 Å². The lowest BCUT2D eigenvalue weighted by Gasteiger charge is -2.23. The maximum atomic E-state index is 11.4. The van der Waals surface area contributed by atoms with E-state index in [-0.39, 0.29) is 0 Å². The fourth-order valence-electron chi connectivity index (χ4n) is 3.03. The van der Waals surface area contributed by atoms with Crippen LogP contribution in [0.5, 0.6) is 0 Å². The van der Waals surface area contributed by atoms with Gasteiger partial charge < -0.3 is 10.0 Å². The second-order valence-corrected chi connectivity index (χ2v) is 8.50. The van der Waals surface area contributed by atoms with Crippen LogP contribution in [0.2, 0.25) is 0 Å². The number of carbonyl (C=O) groups is 1. The molecule has 1 aromatic carbocycles. The van der Waals surface area contributed by atoms with Crippen LogP contribution in [-0.4, -0.2) is 24.2 Å². The van der Waals surface area contributed by atoms with Crippen LogP contribution < -0.4 is 4.90 Å². The number of hydrogen-bond acceptors (Lipinski definition) is 2. The van der Waals surface area contributed by atoms with Gasteiger partial charge in [0.25, 0.3) is 0 Å². The Morgan fingerprint density at radius 1 is 0.833 bits per heavy atom. The van der Waals surface area contributed by atoms with Crippen molar-refractivity contribution >= 4 is 11.7 Å². The van der Waals surface area contributed by atoms with E-state index in [1.807, 2.05) is 12.1 Å². The Bertz CT molecular complexity index is 764. The van der Waals surface area contributed by atoms with Crippen LogP contribution in [0.3, 0.4) is 0 Å². The van der Waals surface area contributed by atoms with Gasteiger partial charge in [0.05, 0.1) is 5.56 Å². The summed E-state index contributed by atoms with van der Waals surface area (Å²) in [7, 11) is 0. The van der Waals surface area contributed by atoms with Gasteiger partial charge in [-0.3, -0.25) is 0 Å². The molecule has 0 fully saturated rings. The lowest BCUT2D eigenvalue weighted by Crippen LogP contribution is -2.24. The van der Waals surface area contributed by atoms with Crippen molar-refractivity contribution in [2.45, 2.75) is 67.2 Å². The quantitative estimate of drug-likeness (QED) is 0.362. The number of nitrogens with zero attached hydrogens (tertiary/aromatic N) is 1. The number of rotatable bonds is 12. The number of carboxylic acid groups (broad SMARTS) is 1. The minimum atomic E-state index is -0.890. The predicted octanol–water partition coefficient (Wildman–Crippen LogP) is 7.58. The van der Waals surface area contributed by atoms with Gasteiger partial charge in [-0.2, -0.15) is 0 Å². The van der Waals surface area contributed by atoms with Gasteiger partial charge in [-0.15, -0.1) is 0 Å². The van der Waals surface area contributed by atoms with Crippen LogP contribution in [0, 0.1) is 0 Å². The first-order valence-corrected chi connectivity index (χ1v) is 10.8. The molecule has 3 heteroatoms. The summed E-state index contributed by atoms with van der Waals surface area (Å²) < 4.78 is 0. The summed E-state index contributed by atoms with van der Waals surface area (Å²) in [4.78, 5) is 13.6. The molecule has 1 N–H and O–H groups in total. The second-order valence-electron chi connectivity index (χ2n) is 8.50. The van der Waals surface area contributed by atoms with Crippen LogP contribution in [0.15, 0.2) is 70.9 Å². The first-order valence-electron chi connectivity index (χ1n) is 10.8. The Labute approximate surface area is 183 Å². The average molecular weight is 410 g/mol. The van der Waals surface area contributed by atoms with Gasteiger partial charge in [-0.25, -0.2) is 4.79 Å². The molecule has 3 nitrogen and oxygen atoms in total. The van der Waals surface area contributed by atoms with E-state index in [2.05, 4.69) is 70.7 Å². The summed E-state index contributed by atoms with van der Waals surface area (Å²) in [5.41, 5.74) is 6.68. The van der Waals surface area contributed by atoms with Crippen molar-refractivity contribution < 1.29 is 9.90 Å². The van der Waals surface area contributed by atoms with E-state index >= 15 is 0 Å². The molecule has 0 heterocycles. The zero-order valence-electron chi connectivity index (χ0n) is 19.7. The fraction of sp³-hybridized carbons (Fsp3) is 0.444. The number of carboxylic acids is 1. The number of aromatic carboxylic acids is 1.